The lowest BCUT2D eigenvalue weighted by atomic mass is 9.97. The van der Waals surface area contributed by atoms with Gasteiger partial charge in [0, 0.05) is 6.54 Å². The number of carbonyl (C=O) groups excluding carboxylic acids is 1. The normalized spacial score (nSPS) is 12.2. The van der Waals surface area contributed by atoms with Crippen LogP contribution in [0.3, 0.4) is 0 Å². The smallest absolute Gasteiger partial charge is 0.234 e. The number of rotatable bonds is 8. The fourth-order valence-corrected chi connectivity index (χ4v) is 1.97. The van der Waals surface area contributed by atoms with E-state index in [4.69, 9.17) is 0 Å². The second kappa shape index (κ2) is 8.48. The molecule has 0 aliphatic heterocycles. The Morgan fingerprint density at radius 1 is 1.32 bits per heavy atom. The molecule has 3 heteroatoms. The van der Waals surface area contributed by atoms with Gasteiger partial charge in [-0.3, -0.25) is 4.79 Å². The van der Waals surface area contributed by atoms with E-state index in [1.807, 2.05) is 18.2 Å². The molecule has 1 aromatic carbocycles. The number of hydrogen-bond donors (Lipinski definition) is 2. The summed E-state index contributed by atoms with van der Waals surface area (Å²) in [5.41, 5.74) is 1.16. The molecule has 0 aromatic heterocycles. The molecule has 0 fully saturated rings. The maximum atomic E-state index is 11.9. The Hall–Kier alpha value is -1.61. The Morgan fingerprint density at radius 3 is 2.58 bits per heavy atom. The molecule has 0 spiro atoms. The zero-order chi connectivity index (χ0) is 14.1. The van der Waals surface area contributed by atoms with Gasteiger partial charge in [-0.1, -0.05) is 50.3 Å². The Kier molecular flexibility index (Phi) is 6.90. The van der Waals surface area contributed by atoms with Crippen LogP contribution >= 0.6 is 0 Å². The quantitative estimate of drug-likeness (QED) is 0.557. The topological polar surface area (TPSA) is 41.1 Å². The van der Waals surface area contributed by atoms with Crippen LogP contribution in [0.2, 0.25) is 0 Å². The molecule has 0 heterocycles. The van der Waals surface area contributed by atoms with Crippen molar-refractivity contribution in [3.8, 4) is 0 Å². The van der Waals surface area contributed by atoms with Crippen LogP contribution in [-0.4, -0.2) is 19.0 Å². The summed E-state index contributed by atoms with van der Waals surface area (Å²) in [4.78, 5) is 11.9. The molecule has 0 saturated heterocycles. The summed E-state index contributed by atoms with van der Waals surface area (Å²) in [5, 5.41) is 6.10. The third-order valence-electron chi connectivity index (χ3n) is 2.82. The lowest BCUT2D eigenvalue weighted by molar-refractivity contribution is -0.121. The van der Waals surface area contributed by atoms with Crippen LogP contribution in [0.1, 0.15) is 31.9 Å². The lowest BCUT2D eigenvalue weighted by Gasteiger charge is -2.21. The third kappa shape index (κ3) is 6.20. The molecule has 1 amide bonds. The molecule has 0 aliphatic rings. The summed E-state index contributed by atoms with van der Waals surface area (Å²) < 4.78 is 0. The van der Waals surface area contributed by atoms with Crippen molar-refractivity contribution >= 4 is 5.91 Å². The van der Waals surface area contributed by atoms with E-state index in [9.17, 15) is 4.79 Å². The van der Waals surface area contributed by atoms with E-state index in [2.05, 4.69) is 43.2 Å². The van der Waals surface area contributed by atoms with Crippen LogP contribution in [-0.2, 0) is 4.79 Å². The molecule has 1 unspecified atom stereocenters. The lowest BCUT2D eigenvalue weighted by Crippen LogP contribution is -2.36. The molecule has 0 saturated carbocycles. The minimum Gasteiger partial charge on any atom is -0.348 e. The molecule has 0 bridgehead atoms. The summed E-state index contributed by atoms with van der Waals surface area (Å²) in [5.74, 6) is 0.558. The van der Waals surface area contributed by atoms with Gasteiger partial charge in [-0.2, -0.15) is 0 Å². The number of benzene rings is 1. The Morgan fingerprint density at radius 2 is 2.00 bits per heavy atom. The van der Waals surface area contributed by atoms with Gasteiger partial charge in [0.2, 0.25) is 5.91 Å². The molecule has 0 radical (unpaired) electrons. The van der Waals surface area contributed by atoms with Gasteiger partial charge in [0.1, 0.15) is 0 Å². The highest BCUT2D eigenvalue weighted by molar-refractivity contribution is 5.78. The average molecular weight is 260 g/mol. The van der Waals surface area contributed by atoms with Crippen LogP contribution < -0.4 is 10.6 Å². The van der Waals surface area contributed by atoms with Crippen molar-refractivity contribution in [3.63, 3.8) is 0 Å². The third-order valence-corrected chi connectivity index (χ3v) is 2.82. The molecule has 104 valence electrons. The molecule has 1 atom stereocenters. The zero-order valence-electron chi connectivity index (χ0n) is 11.9. The predicted molar refractivity (Wildman–Crippen MR) is 79.8 cm³/mol. The number of amides is 1. The van der Waals surface area contributed by atoms with Gasteiger partial charge in [-0.15, -0.1) is 6.58 Å². The highest BCUT2D eigenvalue weighted by Gasteiger charge is 2.15. The van der Waals surface area contributed by atoms with Crippen molar-refractivity contribution in [1.82, 2.24) is 10.6 Å². The first kappa shape index (κ1) is 15.4. The first-order chi connectivity index (χ1) is 9.13. The highest BCUT2D eigenvalue weighted by atomic mass is 16.1. The number of hydrogen-bond acceptors (Lipinski definition) is 2. The van der Waals surface area contributed by atoms with Crippen LogP contribution in [0.25, 0.3) is 0 Å². The van der Waals surface area contributed by atoms with E-state index >= 15 is 0 Å². The van der Waals surface area contributed by atoms with Gasteiger partial charge in [-0.05, 0) is 17.9 Å². The Balaban J connectivity index is 2.60. The summed E-state index contributed by atoms with van der Waals surface area (Å²) >= 11 is 0. The standard InChI is InChI=1S/C16H24N2O/c1-4-10-17-12-16(19)18-15(11-13(2)3)14-8-6-5-7-9-14/h4-9,13,15,17H,1,10-12H2,2-3H3,(H,18,19). The monoisotopic (exact) mass is 260 g/mol. The van der Waals surface area contributed by atoms with Crippen molar-refractivity contribution in [1.29, 1.82) is 0 Å². The summed E-state index contributed by atoms with van der Waals surface area (Å²) in [6, 6.07) is 10.2. The van der Waals surface area contributed by atoms with E-state index in [1.165, 1.54) is 0 Å². The summed E-state index contributed by atoms with van der Waals surface area (Å²) in [7, 11) is 0. The summed E-state index contributed by atoms with van der Waals surface area (Å²) in [6.45, 7) is 8.91. The number of nitrogens with one attached hydrogen (secondary N) is 2. The molecule has 1 aromatic rings. The largest absolute Gasteiger partial charge is 0.348 e. The van der Waals surface area contributed by atoms with Crippen LogP contribution in [0, 0.1) is 5.92 Å². The van der Waals surface area contributed by atoms with Gasteiger partial charge in [-0.25, -0.2) is 0 Å². The van der Waals surface area contributed by atoms with Crippen molar-refractivity contribution in [2.24, 2.45) is 5.92 Å². The van der Waals surface area contributed by atoms with Crippen LogP contribution in [0.5, 0.6) is 0 Å². The second-order valence-electron chi connectivity index (χ2n) is 5.08. The fraction of sp³-hybridized carbons (Fsp3) is 0.438. The minimum atomic E-state index is 0.0244. The van der Waals surface area contributed by atoms with Crippen LogP contribution in [0.4, 0.5) is 0 Å². The van der Waals surface area contributed by atoms with E-state index in [-0.39, 0.29) is 11.9 Å². The van der Waals surface area contributed by atoms with Crippen molar-refractivity contribution in [2.45, 2.75) is 26.3 Å². The van der Waals surface area contributed by atoms with Gasteiger partial charge >= 0.3 is 0 Å². The zero-order valence-corrected chi connectivity index (χ0v) is 11.9. The van der Waals surface area contributed by atoms with Crippen LogP contribution in [0.15, 0.2) is 43.0 Å². The second-order valence-corrected chi connectivity index (χ2v) is 5.08. The number of carbonyl (C=O) groups is 1. The predicted octanol–water partition coefficient (Wildman–Crippen LogP) is 2.67. The van der Waals surface area contributed by atoms with Gasteiger partial charge in [0.15, 0.2) is 0 Å². The molecular weight excluding hydrogens is 236 g/mol. The Labute approximate surface area is 116 Å². The molecule has 19 heavy (non-hydrogen) atoms. The fourth-order valence-electron chi connectivity index (χ4n) is 1.97. The SMILES string of the molecule is C=CCNCC(=O)NC(CC(C)C)c1ccccc1. The molecule has 0 aliphatic carbocycles. The maximum Gasteiger partial charge on any atom is 0.234 e. The molecule has 3 nitrogen and oxygen atoms in total. The van der Waals surface area contributed by atoms with Crippen molar-refractivity contribution in [3.05, 3.63) is 48.6 Å². The van der Waals surface area contributed by atoms with Crippen molar-refractivity contribution in [2.75, 3.05) is 13.1 Å². The first-order valence-electron chi connectivity index (χ1n) is 6.79. The van der Waals surface area contributed by atoms with Crippen molar-refractivity contribution < 1.29 is 4.79 Å². The maximum absolute atomic E-state index is 11.9. The molecule has 2 N–H and O–H groups in total. The molecular formula is C16H24N2O. The minimum absolute atomic E-state index is 0.0244. The average Bonchev–Trinajstić information content (AvgIpc) is 2.39. The van der Waals surface area contributed by atoms with E-state index in [0.29, 0.717) is 19.0 Å². The Bertz CT molecular complexity index is 387. The molecule has 1 rings (SSSR count). The van der Waals surface area contributed by atoms with E-state index in [0.717, 1.165) is 12.0 Å². The highest BCUT2D eigenvalue weighted by Crippen LogP contribution is 2.20. The van der Waals surface area contributed by atoms with Gasteiger partial charge < -0.3 is 10.6 Å². The first-order valence-corrected chi connectivity index (χ1v) is 6.79. The summed E-state index contributed by atoms with van der Waals surface area (Å²) in [6.07, 6.45) is 2.69. The van der Waals surface area contributed by atoms with Gasteiger partial charge in [0.05, 0.1) is 12.6 Å². The van der Waals surface area contributed by atoms with E-state index in [1.54, 1.807) is 6.08 Å². The van der Waals surface area contributed by atoms with E-state index < -0.39 is 0 Å². The van der Waals surface area contributed by atoms with Gasteiger partial charge in [0.25, 0.3) is 0 Å².